The molecule has 0 fully saturated rings. The van der Waals surface area contributed by atoms with Gasteiger partial charge >= 0.3 is 12.1 Å². The Morgan fingerprint density at radius 1 is 1.19 bits per heavy atom. The van der Waals surface area contributed by atoms with Gasteiger partial charge in [-0.1, -0.05) is 13.1 Å². The molecule has 4 heterocycles. The highest BCUT2D eigenvalue weighted by Crippen LogP contribution is 2.31. The first-order valence-electron chi connectivity index (χ1n) is 11.2. The Bertz CT molecular complexity index is 1280. The Kier molecular flexibility index (Phi) is 6.64. The molecular formula is C23H26F3N5O4Si. The maximum atomic E-state index is 13.5. The summed E-state index contributed by atoms with van der Waals surface area (Å²) in [5.41, 5.74) is 0.677. The molecule has 0 atom stereocenters. The monoisotopic (exact) mass is 521 g/mol. The van der Waals surface area contributed by atoms with E-state index in [1.807, 2.05) is 0 Å². The SMILES string of the molecule is CC(C)(COc1ccc(-c2ccc3c(n2)[Si](C)(C)CCOCn2nc-3nc2C(F)(F)F)cn1)C(=O)O. The lowest BCUT2D eigenvalue weighted by Crippen LogP contribution is -2.46. The predicted molar refractivity (Wildman–Crippen MR) is 126 cm³/mol. The van der Waals surface area contributed by atoms with Gasteiger partial charge in [-0.05, 0) is 38.1 Å². The summed E-state index contributed by atoms with van der Waals surface area (Å²) in [4.78, 5) is 24.2. The molecule has 3 aromatic rings. The van der Waals surface area contributed by atoms with E-state index < -0.39 is 31.5 Å². The fraction of sp³-hybridized carbons (Fsp3) is 0.435. The van der Waals surface area contributed by atoms with E-state index in [1.165, 1.54) is 0 Å². The Morgan fingerprint density at radius 3 is 2.58 bits per heavy atom. The third kappa shape index (κ3) is 5.26. The number of aromatic nitrogens is 5. The first-order chi connectivity index (χ1) is 16.8. The Balaban J connectivity index is 1.70. The molecule has 1 aliphatic heterocycles. The molecule has 0 unspecified atom stereocenters. The number of rotatable bonds is 5. The van der Waals surface area contributed by atoms with Gasteiger partial charge in [0, 0.05) is 35.3 Å². The van der Waals surface area contributed by atoms with Crippen LogP contribution < -0.4 is 10.1 Å². The van der Waals surface area contributed by atoms with E-state index in [4.69, 9.17) is 14.5 Å². The third-order valence-corrected chi connectivity index (χ3v) is 9.10. The van der Waals surface area contributed by atoms with Crippen molar-refractivity contribution in [3.63, 3.8) is 0 Å². The fourth-order valence-corrected chi connectivity index (χ4v) is 5.84. The number of carboxylic acids is 1. The van der Waals surface area contributed by atoms with E-state index in [-0.39, 0.29) is 31.6 Å². The minimum Gasteiger partial charge on any atom is -0.481 e. The number of halogens is 3. The second kappa shape index (κ2) is 9.28. The van der Waals surface area contributed by atoms with Gasteiger partial charge in [0.1, 0.15) is 21.4 Å². The van der Waals surface area contributed by atoms with Crippen LogP contribution in [0.3, 0.4) is 0 Å². The second-order valence-electron chi connectivity index (χ2n) is 9.88. The van der Waals surface area contributed by atoms with Crippen LogP contribution in [0.2, 0.25) is 19.1 Å². The lowest BCUT2D eigenvalue weighted by Gasteiger charge is -2.25. The zero-order valence-electron chi connectivity index (χ0n) is 20.3. The van der Waals surface area contributed by atoms with Gasteiger partial charge in [0.2, 0.25) is 11.7 Å². The molecule has 1 N–H and O–H groups in total. The summed E-state index contributed by atoms with van der Waals surface area (Å²) in [6, 6.07) is 7.43. The molecule has 0 saturated carbocycles. The molecule has 0 amide bonds. The van der Waals surface area contributed by atoms with Crippen LogP contribution in [0.15, 0.2) is 30.5 Å². The van der Waals surface area contributed by atoms with Crippen molar-refractivity contribution in [3.8, 4) is 28.5 Å². The summed E-state index contributed by atoms with van der Waals surface area (Å²) < 4.78 is 52.3. The van der Waals surface area contributed by atoms with Crippen molar-refractivity contribution in [3.05, 3.63) is 36.3 Å². The summed E-state index contributed by atoms with van der Waals surface area (Å²) in [5, 5.41) is 14.0. The average molecular weight is 522 g/mol. The van der Waals surface area contributed by atoms with Gasteiger partial charge in [-0.25, -0.2) is 14.6 Å². The van der Waals surface area contributed by atoms with E-state index >= 15 is 0 Å². The van der Waals surface area contributed by atoms with Crippen molar-refractivity contribution >= 4 is 19.4 Å². The van der Waals surface area contributed by atoms with Gasteiger partial charge in [0.25, 0.3) is 0 Å². The van der Waals surface area contributed by atoms with E-state index in [1.54, 1.807) is 44.3 Å². The number of aliphatic carboxylic acids is 1. The van der Waals surface area contributed by atoms with Crippen molar-refractivity contribution in [1.82, 2.24) is 24.7 Å². The van der Waals surface area contributed by atoms with Crippen molar-refractivity contribution in [1.29, 1.82) is 0 Å². The zero-order chi connectivity index (χ0) is 26.3. The predicted octanol–water partition coefficient (Wildman–Crippen LogP) is 3.81. The van der Waals surface area contributed by atoms with Crippen LogP contribution in [0.4, 0.5) is 13.2 Å². The molecule has 2 bridgehead atoms. The molecule has 13 heteroatoms. The van der Waals surface area contributed by atoms with Crippen molar-refractivity contribution in [2.24, 2.45) is 5.41 Å². The minimum absolute atomic E-state index is 0.0367. The highest BCUT2D eigenvalue weighted by molar-refractivity contribution is 6.90. The number of ether oxygens (including phenoxy) is 2. The fourth-order valence-electron chi connectivity index (χ4n) is 3.60. The normalized spacial score (nSPS) is 15.8. The standard InChI is InChI=1S/C23H26F3N5O4Si/c1-22(2,21(32)33)12-35-17-8-5-14(11-27-17)16-7-6-15-18-29-20(23(24,25)26)31(30-18)13-34-9-10-36(3,4)19(15)28-16/h5-8,11H,9-10,12-13H2,1-4H3,(H,32,33). The highest BCUT2D eigenvalue weighted by atomic mass is 28.3. The lowest BCUT2D eigenvalue weighted by atomic mass is 9.95. The smallest absolute Gasteiger partial charge is 0.451 e. The third-order valence-electron chi connectivity index (χ3n) is 5.98. The minimum atomic E-state index is -4.67. The molecule has 9 nitrogen and oxygen atoms in total. The quantitative estimate of drug-likeness (QED) is 0.505. The van der Waals surface area contributed by atoms with Crippen LogP contribution in [0.25, 0.3) is 22.6 Å². The molecule has 192 valence electrons. The van der Waals surface area contributed by atoms with E-state index in [9.17, 15) is 23.1 Å². The van der Waals surface area contributed by atoms with Crippen molar-refractivity contribution < 1.29 is 32.5 Å². The number of carbonyl (C=O) groups is 1. The van der Waals surface area contributed by atoms with Gasteiger partial charge in [0.05, 0.1) is 11.1 Å². The maximum absolute atomic E-state index is 13.5. The molecule has 0 aromatic carbocycles. The van der Waals surface area contributed by atoms with Crippen LogP contribution in [-0.2, 0) is 22.4 Å². The van der Waals surface area contributed by atoms with E-state index in [2.05, 4.69) is 28.2 Å². The van der Waals surface area contributed by atoms with E-state index in [0.717, 1.165) is 4.68 Å². The number of pyridine rings is 2. The zero-order valence-corrected chi connectivity index (χ0v) is 21.3. The number of fused-ring (bicyclic) bond motifs is 4. The summed E-state index contributed by atoms with van der Waals surface area (Å²) in [7, 11) is -2.26. The molecule has 0 radical (unpaired) electrons. The van der Waals surface area contributed by atoms with Crippen molar-refractivity contribution in [2.45, 2.75) is 45.9 Å². The Hall–Kier alpha value is -3.32. The molecule has 0 spiro atoms. The van der Waals surface area contributed by atoms with Crippen LogP contribution >= 0.6 is 0 Å². The average Bonchev–Trinajstić information content (AvgIpc) is 3.24. The highest BCUT2D eigenvalue weighted by Gasteiger charge is 2.40. The van der Waals surface area contributed by atoms with Crippen LogP contribution in [0, 0.1) is 5.41 Å². The number of alkyl halides is 3. The van der Waals surface area contributed by atoms with Gasteiger partial charge in [-0.15, -0.1) is 5.10 Å². The number of carboxylic acid groups (broad SMARTS) is 1. The summed E-state index contributed by atoms with van der Waals surface area (Å²) in [5.74, 6) is -1.85. The number of nitrogens with zero attached hydrogens (tertiary/aromatic N) is 5. The van der Waals surface area contributed by atoms with Crippen LogP contribution in [0.5, 0.6) is 5.88 Å². The summed E-state index contributed by atoms with van der Waals surface area (Å²) >= 11 is 0. The molecule has 1 aliphatic rings. The second-order valence-corrected chi connectivity index (χ2v) is 14.6. The van der Waals surface area contributed by atoms with Gasteiger partial charge < -0.3 is 14.6 Å². The maximum Gasteiger partial charge on any atom is 0.451 e. The first-order valence-corrected chi connectivity index (χ1v) is 14.4. The molecule has 3 aromatic heterocycles. The lowest BCUT2D eigenvalue weighted by molar-refractivity contribution is -0.150. The largest absolute Gasteiger partial charge is 0.481 e. The summed E-state index contributed by atoms with van der Waals surface area (Å²) in [6.45, 7) is 7.18. The van der Waals surface area contributed by atoms with Crippen LogP contribution in [-0.4, -0.2) is 57.1 Å². The molecule has 0 aliphatic carbocycles. The molecule has 0 saturated heterocycles. The first kappa shape index (κ1) is 25.8. The van der Waals surface area contributed by atoms with Gasteiger partial charge in [-0.2, -0.15) is 13.2 Å². The van der Waals surface area contributed by atoms with Crippen molar-refractivity contribution in [2.75, 3.05) is 13.2 Å². The topological polar surface area (TPSA) is 112 Å². The van der Waals surface area contributed by atoms with E-state index in [0.29, 0.717) is 28.2 Å². The van der Waals surface area contributed by atoms with Crippen LogP contribution in [0.1, 0.15) is 19.7 Å². The summed E-state index contributed by atoms with van der Waals surface area (Å²) in [6.07, 6.45) is -3.11. The van der Waals surface area contributed by atoms with Gasteiger partial charge in [-0.3, -0.25) is 9.78 Å². The number of hydrogen-bond acceptors (Lipinski definition) is 7. The Morgan fingerprint density at radius 2 is 1.94 bits per heavy atom. The molecular weight excluding hydrogens is 495 g/mol. The molecule has 36 heavy (non-hydrogen) atoms. The van der Waals surface area contributed by atoms with Gasteiger partial charge in [0.15, 0.2) is 5.82 Å². The number of hydrogen-bond donors (Lipinski definition) is 1. The molecule has 4 rings (SSSR count). The Labute approximate surface area is 206 Å².